The number of halogens is 1. The predicted molar refractivity (Wildman–Crippen MR) is 266 cm³/mol. The first kappa shape index (κ1) is 52.8. The molecule has 3 N–H and O–H groups in total. The minimum Gasteiger partial charge on any atom is -0.497 e. The first-order valence-corrected chi connectivity index (χ1v) is 26.3. The number of carbonyl (C=O) groups excluding carboxylic acids is 1. The van der Waals surface area contributed by atoms with Crippen molar-refractivity contribution in [2.75, 3.05) is 45.9 Å². The Labute approximate surface area is 423 Å². The summed E-state index contributed by atoms with van der Waals surface area (Å²) in [7, 11) is -0.197. The summed E-state index contributed by atoms with van der Waals surface area (Å²) in [6.07, 6.45) is -2.88. The molecule has 1 fully saturated rings. The van der Waals surface area contributed by atoms with E-state index in [9.17, 15) is 19.0 Å². The second-order valence-electron chi connectivity index (χ2n) is 16.7. The van der Waals surface area contributed by atoms with Crippen molar-refractivity contribution in [1.29, 1.82) is 0 Å². The molecule has 1 aliphatic rings. The lowest BCUT2D eigenvalue weighted by Crippen LogP contribution is -2.33. The number of aromatic nitrogens is 8. The number of rotatable bonds is 23. The third-order valence-electron chi connectivity index (χ3n) is 11.7. The highest BCUT2D eigenvalue weighted by atomic mass is 32.5. The maximum absolute atomic E-state index is 16.5. The molecular formula is C47H50FN10O12P2S+. The highest BCUT2D eigenvalue weighted by Crippen LogP contribution is 2.52. The van der Waals surface area contributed by atoms with Crippen LogP contribution in [0.25, 0.3) is 27.2 Å². The van der Waals surface area contributed by atoms with Crippen molar-refractivity contribution in [3.05, 3.63) is 142 Å². The smallest absolute Gasteiger partial charge is 0.497 e. The number of amides is 1. The number of methoxy groups -OCH3 is 2. The van der Waals surface area contributed by atoms with Gasteiger partial charge in [-0.3, -0.25) is 24.5 Å². The van der Waals surface area contributed by atoms with Crippen molar-refractivity contribution >= 4 is 61.0 Å². The predicted octanol–water partition coefficient (Wildman–Crippen LogP) is 7.10. The number of carbonyl (C=O) groups is 1. The Morgan fingerprint density at radius 3 is 2.29 bits per heavy atom. The molecule has 1 saturated heterocycles. The maximum Gasteiger partial charge on any atom is 0.695 e. The van der Waals surface area contributed by atoms with Gasteiger partial charge in [0.2, 0.25) is 18.4 Å². The van der Waals surface area contributed by atoms with E-state index in [1.807, 2.05) is 90.4 Å². The van der Waals surface area contributed by atoms with Crippen LogP contribution in [0.5, 0.6) is 11.5 Å². The second kappa shape index (κ2) is 23.2. The number of hydrogen-bond donors (Lipinski definition) is 3. The molecule has 5 heterocycles. The van der Waals surface area contributed by atoms with Crippen molar-refractivity contribution in [2.24, 2.45) is 5.92 Å². The van der Waals surface area contributed by atoms with Crippen LogP contribution in [-0.2, 0) is 60.9 Å². The number of anilines is 1. The van der Waals surface area contributed by atoms with Crippen LogP contribution in [0.15, 0.2) is 103 Å². The van der Waals surface area contributed by atoms with E-state index in [4.69, 9.17) is 60.4 Å². The number of ether oxygens (including phenoxy) is 4. The zero-order valence-corrected chi connectivity index (χ0v) is 42.5. The Kier molecular flexibility index (Phi) is 16.8. The number of alkyl halides is 1. The van der Waals surface area contributed by atoms with Crippen molar-refractivity contribution in [2.45, 2.75) is 63.6 Å². The van der Waals surface area contributed by atoms with Gasteiger partial charge in [-0.25, -0.2) is 30.9 Å². The SMILES string of the molecule is [C-]#[N+]CCOP(=S)(OC[C@H]1O[C@@H](n2cnc3c(=O)[nH]c(NC(=O)C(C)C)nc32)[C@H](O[P+](=O)O)[C@@H]1F)OC[C@H](C)n1c(COC(c2ccccc2)(c2ccc(OC)cc2)c2ccc(OC)cc2)nc2cncnc21. The van der Waals surface area contributed by atoms with E-state index in [1.165, 1.54) is 6.33 Å². The minimum absolute atomic E-state index is 0.0788. The van der Waals surface area contributed by atoms with Gasteiger partial charge in [-0.2, -0.15) is 4.98 Å². The van der Waals surface area contributed by atoms with E-state index in [-0.39, 0.29) is 43.5 Å². The fraction of sp³-hybridized carbons (Fsp3) is 0.362. The van der Waals surface area contributed by atoms with Gasteiger partial charge in [0, 0.05) is 10.5 Å². The lowest BCUT2D eigenvalue weighted by Gasteiger charge is -2.36. The molecule has 1 aliphatic heterocycles. The van der Waals surface area contributed by atoms with Gasteiger partial charge in [-0.05, 0) is 59.7 Å². The summed E-state index contributed by atoms with van der Waals surface area (Å²) < 4.78 is 79.2. The molecule has 0 saturated carbocycles. The van der Waals surface area contributed by atoms with Crippen LogP contribution in [0.4, 0.5) is 10.3 Å². The normalized spacial score (nSPS) is 18.4. The van der Waals surface area contributed by atoms with Crippen LogP contribution >= 0.6 is 15.0 Å². The Hall–Kier alpha value is -6.48. The summed E-state index contributed by atoms with van der Waals surface area (Å²) in [5.41, 5.74) is 1.02. The average Bonchev–Trinajstić information content (AvgIpc) is 4.08. The summed E-state index contributed by atoms with van der Waals surface area (Å²) in [6.45, 7) is 7.38. The van der Waals surface area contributed by atoms with E-state index in [0.717, 1.165) is 27.6 Å². The molecule has 22 nitrogen and oxygen atoms in total. The van der Waals surface area contributed by atoms with Crippen molar-refractivity contribution in [1.82, 2.24) is 39.0 Å². The van der Waals surface area contributed by atoms with Gasteiger partial charge < -0.3 is 41.9 Å². The lowest BCUT2D eigenvalue weighted by molar-refractivity contribution is -0.118. The summed E-state index contributed by atoms with van der Waals surface area (Å²) in [5, 5.41) is 2.50. The fourth-order valence-electron chi connectivity index (χ4n) is 8.16. The standard InChI is InChI=1S/C47H49FN10O12P2S/c1-28(2)43(59)55-46-54-42-39(44(60)56-46)52-27-57(42)45-40(70-71(61)62)38(48)36(69-45)24-68-72(73,66-21-20-49-4)67-23-29(3)58-37(53-35-22-50-26-51-41(35)58)25-65-47(30-10-8-7-9-11-30,31-12-16-33(63-5)17-13-31)32-14-18-34(64-6)19-15-32/h7-19,22,26-29,36,38,40,45H,20-21,23-25H2,1-3,5-6H3,(H2-,54,55,56,59,60,61,62)/p+1/t29-,36+,38+,40+,45+,72?/m0/s1. The fourth-order valence-corrected chi connectivity index (χ4v) is 10.4. The number of fused-ring (bicyclic) bond motifs is 2. The lowest BCUT2D eigenvalue weighted by atomic mass is 9.80. The van der Waals surface area contributed by atoms with Crippen LogP contribution in [-0.4, -0.2) is 109 Å². The second-order valence-corrected chi connectivity index (χ2v) is 20.4. The van der Waals surface area contributed by atoms with Crippen molar-refractivity contribution in [3.63, 3.8) is 0 Å². The Morgan fingerprint density at radius 2 is 1.66 bits per heavy atom. The van der Waals surface area contributed by atoms with Crippen molar-refractivity contribution < 1.29 is 55.7 Å². The highest BCUT2D eigenvalue weighted by Gasteiger charge is 2.52. The molecule has 0 aliphatic carbocycles. The molecule has 7 aromatic rings. The highest BCUT2D eigenvalue weighted by molar-refractivity contribution is 8.07. The number of nitrogens with one attached hydrogen (secondary N) is 2. The molecule has 0 radical (unpaired) electrons. The Bertz CT molecular complexity index is 3170. The first-order valence-electron chi connectivity index (χ1n) is 22.6. The zero-order valence-electron chi connectivity index (χ0n) is 39.9. The van der Waals surface area contributed by atoms with E-state index >= 15 is 4.39 Å². The molecule has 2 unspecified atom stereocenters. The van der Waals surface area contributed by atoms with Crippen molar-refractivity contribution in [3.8, 4) is 11.5 Å². The van der Waals surface area contributed by atoms with Gasteiger partial charge in [0.25, 0.3) is 5.56 Å². The average molecular weight is 1060 g/mol. The third kappa shape index (κ3) is 11.5. The number of benzene rings is 3. The van der Waals surface area contributed by atoms with Gasteiger partial charge in [-0.15, -0.1) is 9.42 Å². The minimum atomic E-state index is -3.88. The molecule has 3 aromatic carbocycles. The largest absolute Gasteiger partial charge is 0.695 e. The Morgan fingerprint density at radius 1 is 0.986 bits per heavy atom. The van der Waals surface area contributed by atoms with E-state index < -0.39 is 75.2 Å². The van der Waals surface area contributed by atoms with Crippen LogP contribution in [0.3, 0.4) is 0 Å². The number of hydrogen-bond acceptors (Lipinski definition) is 17. The Balaban J connectivity index is 1.07. The first-order chi connectivity index (χ1) is 35.2. The summed E-state index contributed by atoms with van der Waals surface area (Å²) in [5.74, 6) is 0.616. The van der Waals surface area contributed by atoms with Crippen LogP contribution < -0.4 is 20.3 Å². The van der Waals surface area contributed by atoms with Gasteiger partial charge in [-0.1, -0.05) is 68.4 Å². The van der Waals surface area contributed by atoms with Gasteiger partial charge in [0.05, 0.1) is 46.0 Å². The molecule has 1 amide bonds. The molecule has 8 rings (SSSR count). The van der Waals surface area contributed by atoms with Crippen LogP contribution in [0.1, 0.15) is 55.6 Å². The van der Waals surface area contributed by atoms with Gasteiger partial charge in [0.1, 0.15) is 54.1 Å². The molecule has 73 heavy (non-hydrogen) atoms. The monoisotopic (exact) mass is 1060 g/mol. The maximum atomic E-state index is 16.5. The van der Waals surface area contributed by atoms with E-state index in [2.05, 4.69) is 35.1 Å². The molecule has 26 heteroatoms. The molecule has 0 bridgehead atoms. The van der Waals surface area contributed by atoms with Crippen LogP contribution in [0.2, 0.25) is 0 Å². The topological polar surface area (TPSA) is 252 Å². The summed E-state index contributed by atoms with van der Waals surface area (Å²) in [4.78, 5) is 63.1. The van der Waals surface area contributed by atoms with E-state index in [1.54, 1.807) is 34.3 Å². The number of nitrogens with zero attached hydrogens (tertiary/aromatic N) is 8. The molecule has 4 aromatic heterocycles. The zero-order chi connectivity index (χ0) is 51.9. The van der Waals surface area contributed by atoms with Gasteiger partial charge in [0.15, 0.2) is 35.3 Å². The third-order valence-corrected chi connectivity index (χ3v) is 14.5. The van der Waals surface area contributed by atoms with Crippen LogP contribution in [0, 0.1) is 12.5 Å². The quantitative estimate of drug-likeness (QED) is 0.0250. The molecular weight excluding hydrogens is 1010 g/mol. The van der Waals surface area contributed by atoms with Gasteiger partial charge >= 0.3 is 15.0 Å². The van der Waals surface area contributed by atoms with E-state index in [0.29, 0.717) is 28.5 Å². The number of imidazole rings is 2. The molecule has 0 spiro atoms. The number of H-pyrrole nitrogens is 1. The summed E-state index contributed by atoms with van der Waals surface area (Å²) >= 11 is 5.87. The molecule has 7 atom stereocenters. The molecule has 382 valence electrons. The number of aromatic amines is 1. The summed E-state index contributed by atoms with van der Waals surface area (Å²) in [6, 6.07) is 24.3.